The lowest BCUT2D eigenvalue weighted by atomic mass is 10.1. The maximum absolute atomic E-state index is 11.3. The van der Waals surface area contributed by atoms with Gasteiger partial charge in [-0.15, -0.1) is 0 Å². The highest BCUT2D eigenvalue weighted by atomic mass is 35.7. The molecule has 0 atom stereocenters. The van der Waals surface area contributed by atoms with Gasteiger partial charge >= 0.3 is 0 Å². The molecule has 6 heteroatoms. The minimum absolute atomic E-state index is 0.0620. The van der Waals surface area contributed by atoms with E-state index in [1.165, 1.54) is 6.07 Å². The van der Waals surface area contributed by atoms with Gasteiger partial charge in [-0.3, -0.25) is 0 Å². The molecule has 2 rings (SSSR count). The molecule has 0 saturated heterocycles. The molecule has 2 aromatic rings. The van der Waals surface area contributed by atoms with Crippen molar-refractivity contribution in [1.29, 1.82) is 0 Å². The van der Waals surface area contributed by atoms with Crippen molar-refractivity contribution in [2.75, 3.05) is 0 Å². The van der Waals surface area contributed by atoms with Gasteiger partial charge in [-0.1, -0.05) is 59.6 Å². The van der Waals surface area contributed by atoms with E-state index in [0.717, 1.165) is 5.56 Å². The molecule has 0 saturated carbocycles. The van der Waals surface area contributed by atoms with Gasteiger partial charge in [0.05, 0.1) is 10.0 Å². The molecule has 0 heterocycles. The second kappa shape index (κ2) is 5.10. The summed E-state index contributed by atoms with van der Waals surface area (Å²) in [6.45, 7) is 0. The first-order chi connectivity index (χ1) is 8.41. The topological polar surface area (TPSA) is 34.1 Å². The maximum Gasteiger partial charge on any atom is 0.262 e. The van der Waals surface area contributed by atoms with Crippen LogP contribution in [-0.2, 0) is 9.05 Å². The Balaban J connectivity index is 2.66. The zero-order valence-corrected chi connectivity index (χ0v) is 12.0. The molecule has 0 radical (unpaired) electrons. The molecule has 2 nitrogen and oxygen atoms in total. The van der Waals surface area contributed by atoms with E-state index in [0.29, 0.717) is 5.56 Å². The lowest BCUT2D eigenvalue weighted by molar-refractivity contribution is 0.609. The minimum atomic E-state index is -3.90. The van der Waals surface area contributed by atoms with Crippen LogP contribution in [0.4, 0.5) is 0 Å². The highest BCUT2D eigenvalue weighted by Crippen LogP contribution is 2.38. The zero-order chi connectivity index (χ0) is 13.3. The SMILES string of the molecule is O=S(=O)(Cl)c1ccc(-c2ccccc2)c(Cl)c1Cl. The highest BCUT2D eigenvalue weighted by molar-refractivity contribution is 8.13. The summed E-state index contributed by atoms with van der Waals surface area (Å²) in [4.78, 5) is -0.185. The van der Waals surface area contributed by atoms with E-state index >= 15 is 0 Å². The monoisotopic (exact) mass is 320 g/mol. The zero-order valence-electron chi connectivity index (χ0n) is 8.90. The summed E-state index contributed by atoms with van der Waals surface area (Å²) in [5.74, 6) is 0. The van der Waals surface area contributed by atoms with E-state index in [9.17, 15) is 8.42 Å². The molecule has 0 aliphatic heterocycles. The Kier molecular flexibility index (Phi) is 3.87. The number of rotatable bonds is 2. The Morgan fingerprint density at radius 2 is 1.44 bits per heavy atom. The third-order valence-electron chi connectivity index (χ3n) is 2.39. The molecule has 0 amide bonds. The predicted octanol–water partition coefficient (Wildman–Crippen LogP) is 4.59. The Labute approximate surface area is 120 Å². The van der Waals surface area contributed by atoms with Crippen molar-refractivity contribution in [2.24, 2.45) is 0 Å². The van der Waals surface area contributed by atoms with Crippen LogP contribution in [0.25, 0.3) is 11.1 Å². The van der Waals surface area contributed by atoms with Gasteiger partial charge in [0.15, 0.2) is 0 Å². The van der Waals surface area contributed by atoms with Gasteiger partial charge in [-0.25, -0.2) is 8.42 Å². The molecule has 0 aliphatic rings. The van der Waals surface area contributed by atoms with Crippen LogP contribution in [-0.4, -0.2) is 8.42 Å². The van der Waals surface area contributed by atoms with Crippen LogP contribution in [0.2, 0.25) is 10.0 Å². The largest absolute Gasteiger partial charge is 0.262 e. The predicted molar refractivity (Wildman–Crippen MR) is 74.9 cm³/mol. The van der Waals surface area contributed by atoms with E-state index in [4.69, 9.17) is 33.9 Å². The van der Waals surface area contributed by atoms with Crippen LogP contribution in [0.3, 0.4) is 0 Å². The maximum atomic E-state index is 11.3. The average molecular weight is 322 g/mol. The molecule has 94 valence electrons. The van der Waals surface area contributed by atoms with E-state index < -0.39 is 9.05 Å². The summed E-state index contributed by atoms with van der Waals surface area (Å²) in [6.07, 6.45) is 0. The fraction of sp³-hybridized carbons (Fsp3) is 0. The van der Waals surface area contributed by atoms with Gasteiger partial charge in [0.1, 0.15) is 4.90 Å². The van der Waals surface area contributed by atoms with E-state index in [1.807, 2.05) is 30.3 Å². The molecule has 18 heavy (non-hydrogen) atoms. The third-order valence-corrected chi connectivity index (χ3v) is 4.75. The fourth-order valence-corrected chi connectivity index (χ4v) is 3.41. The summed E-state index contributed by atoms with van der Waals surface area (Å²) in [5, 5.41) is 0.109. The van der Waals surface area contributed by atoms with Crippen molar-refractivity contribution in [1.82, 2.24) is 0 Å². The standard InChI is InChI=1S/C12H7Cl3O2S/c13-11-9(8-4-2-1-3-5-8)6-7-10(12(11)14)18(15,16)17/h1-7H. The Bertz CT molecular complexity index is 682. The normalized spacial score (nSPS) is 11.5. The Morgan fingerprint density at radius 1 is 0.833 bits per heavy atom. The molecule has 0 fully saturated rings. The molecule has 0 aromatic heterocycles. The van der Waals surface area contributed by atoms with Crippen molar-refractivity contribution in [3.8, 4) is 11.1 Å². The second-order valence-corrected chi connectivity index (χ2v) is 6.83. The smallest absolute Gasteiger partial charge is 0.207 e. The number of halogens is 3. The van der Waals surface area contributed by atoms with Gasteiger partial charge < -0.3 is 0 Å². The first-order valence-electron chi connectivity index (χ1n) is 4.89. The van der Waals surface area contributed by atoms with Gasteiger partial charge in [0.2, 0.25) is 0 Å². The average Bonchev–Trinajstić information content (AvgIpc) is 2.32. The quantitative estimate of drug-likeness (QED) is 0.758. The molecule has 0 N–H and O–H groups in total. The van der Waals surface area contributed by atoms with Crippen molar-refractivity contribution in [3.05, 3.63) is 52.5 Å². The van der Waals surface area contributed by atoms with Gasteiger partial charge in [0.25, 0.3) is 9.05 Å². The van der Waals surface area contributed by atoms with Gasteiger partial charge in [0, 0.05) is 16.2 Å². The minimum Gasteiger partial charge on any atom is -0.207 e. The first-order valence-corrected chi connectivity index (χ1v) is 7.96. The van der Waals surface area contributed by atoms with Gasteiger partial charge in [-0.05, 0) is 11.6 Å². The summed E-state index contributed by atoms with van der Waals surface area (Å²) >= 11 is 12.0. The van der Waals surface area contributed by atoms with E-state index in [1.54, 1.807) is 6.07 Å². The van der Waals surface area contributed by atoms with Crippen LogP contribution < -0.4 is 0 Å². The van der Waals surface area contributed by atoms with Crippen molar-refractivity contribution >= 4 is 42.9 Å². The summed E-state index contributed by atoms with van der Waals surface area (Å²) in [7, 11) is 1.36. The van der Waals surface area contributed by atoms with Crippen LogP contribution in [0.15, 0.2) is 47.4 Å². The van der Waals surface area contributed by atoms with E-state index in [-0.39, 0.29) is 14.9 Å². The molecule has 0 unspecified atom stereocenters. The van der Waals surface area contributed by atoms with Crippen molar-refractivity contribution in [2.45, 2.75) is 4.90 Å². The summed E-state index contributed by atoms with van der Waals surface area (Å²) < 4.78 is 22.6. The summed E-state index contributed by atoms with van der Waals surface area (Å²) in [6, 6.07) is 12.2. The first kappa shape index (κ1) is 13.7. The molecular weight excluding hydrogens is 315 g/mol. The molecular formula is C12H7Cl3O2S. The highest BCUT2D eigenvalue weighted by Gasteiger charge is 2.19. The molecule has 2 aromatic carbocycles. The second-order valence-electron chi connectivity index (χ2n) is 3.54. The number of hydrogen-bond donors (Lipinski definition) is 0. The lowest BCUT2D eigenvalue weighted by Crippen LogP contribution is -1.93. The molecule has 0 bridgehead atoms. The molecule has 0 aliphatic carbocycles. The van der Waals surface area contributed by atoms with E-state index in [2.05, 4.69) is 0 Å². The van der Waals surface area contributed by atoms with Crippen LogP contribution in [0.1, 0.15) is 0 Å². The summed E-state index contributed by atoms with van der Waals surface area (Å²) in [5.41, 5.74) is 1.51. The molecule has 0 spiro atoms. The Hall–Kier alpha value is -0.740. The Morgan fingerprint density at radius 3 is 2.00 bits per heavy atom. The third kappa shape index (κ3) is 2.64. The number of benzene rings is 2. The van der Waals surface area contributed by atoms with Crippen LogP contribution >= 0.6 is 33.9 Å². The van der Waals surface area contributed by atoms with Crippen LogP contribution in [0, 0.1) is 0 Å². The number of hydrogen-bond acceptors (Lipinski definition) is 2. The fourth-order valence-electron chi connectivity index (χ4n) is 1.56. The van der Waals surface area contributed by atoms with Crippen molar-refractivity contribution < 1.29 is 8.42 Å². The van der Waals surface area contributed by atoms with Gasteiger partial charge in [-0.2, -0.15) is 0 Å². The lowest BCUT2D eigenvalue weighted by Gasteiger charge is -2.08. The van der Waals surface area contributed by atoms with Crippen molar-refractivity contribution in [3.63, 3.8) is 0 Å². The van der Waals surface area contributed by atoms with Crippen LogP contribution in [0.5, 0.6) is 0 Å².